The minimum Gasteiger partial charge on any atom is -0.382 e. The first-order valence-corrected chi connectivity index (χ1v) is 10.6. The smallest absolute Gasteiger partial charge is 0.240 e. The largest absolute Gasteiger partial charge is 0.382 e. The van der Waals surface area contributed by atoms with Crippen molar-refractivity contribution in [3.63, 3.8) is 0 Å². The molecule has 0 aliphatic carbocycles. The summed E-state index contributed by atoms with van der Waals surface area (Å²) in [4.78, 5) is 2.61. The van der Waals surface area contributed by atoms with Crippen molar-refractivity contribution in [2.45, 2.75) is 17.5 Å². The van der Waals surface area contributed by atoms with Crippen LogP contribution in [0.2, 0.25) is 5.02 Å². The van der Waals surface area contributed by atoms with E-state index in [1.54, 1.807) is 12.1 Å². The molecule has 0 saturated carbocycles. The van der Waals surface area contributed by atoms with Crippen LogP contribution in [0.1, 0.15) is 20.7 Å². The van der Waals surface area contributed by atoms with Gasteiger partial charge in [-0.1, -0.05) is 23.7 Å². The molecule has 0 saturated heterocycles. The van der Waals surface area contributed by atoms with Crippen molar-refractivity contribution in [3.8, 4) is 0 Å². The molecule has 4 nitrogen and oxygen atoms in total. The molecule has 0 bridgehead atoms. The van der Waals surface area contributed by atoms with Gasteiger partial charge in [-0.05, 0) is 41.8 Å². The summed E-state index contributed by atoms with van der Waals surface area (Å²) in [6.45, 7) is 0.163. The molecule has 0 aliphatic heterocycles. The zero-order valence-corrected chi connectivity index (χ0v) is 15.6. The van der Waals surface area contributed by atoms with Crippen molar-refractivity contribution < 1.29 is 13.5 Å². The summed E-state index contributed by atoms with van der Waals surface area (Å²) in [5, 5.41) is 12.6. The highest BCUT2D eigenvalue weighted by Gasteiger charge is 2.17. The van der Waals surface area contributed by atoms with E-state index in [0.717, 1.165) is 14.6 Å². The number of aliphatic hydroxyl groups excluding tert-OH is 1. The second-order valence-corrected chi connectivity index (χ2v) is 9.39. The van der Waals surface area contributed by atoms with E-state index in [2.05, 4.69) is 4.72 Å². The van der Waals surface area contributed by atoms with Crippen molar-refractivity contribution in [1.29, 1.82) is 0 Å². The molecule has 0 spiro atoms. The molecule has 0 fully saturated rings. The lowest BCUT2D eigenvalue weighted by molar-refractivity contribution is 0.228. The Bertz CT molecular complexity index is 920. The highest BCUT2D eigenvalue weighted by Crippen LogP contribution is 2.31. The fraction of sp³-hybridized carbons (Fsp3) is 0.125. The molecule has 0 amide bonds. The molecule has 24 heavy (non-hydrogen) atoms. The molecule has 0 radical (unpaired) electrons. The number of nitrogens with one attached hydrogen (secondary N) is 1. The fourth-order valence-corrected chi connectivity index (χ4v) is 5.27. The Kier molecular flexibility index (Phi) is 5.39. The molecule has 126 valence electrons. The van der Waals surface area contributed by atoms with Gasteiger partial charge in [-0.3, -0.25) is 0 Å². The van der Waals surface area contributed by atoms with E-state index in [4.69, 9.17) is 11.6 Å². The number of thiophene rings is 2. The van der Waals surface area contributed by atoms with Crippen molar-refractivity contribution >= 4 is 44.3 Å². The second kappa shape index (κ2) is 7.35. The molecular weight excluding hydrogens is 386 g/mol. The standard InChI is InChI=1S/C16H14ClNO3S3/c17-11-3-1-4-13(9-11)24(20,21)18-10-12-6-7-15(23-12)16(19)14-5-2-8-22-14/h1-9,16,18-19H,10H2/t16-/m1/s1. The van der Waals surface area contributed by atoms with E-state index >= 15 is 0 Å². The zero-order valence-electron chi connectivity index (χ0n) is 12.3. The van der Waals surface area contributed by atoms with Gasteiger partial charge in [0.25, 0.3) is 0 Å². The molecule has 3 rings (SSSR count). The molecule has 2 heterocycles. The van der Waals surface area contributed by atoms with Gasteiger partial charge in [-0.15, -0.1) is 22.7 Å². The second-order valence-electron chi connectivity index (χ2n) is 5.00. The average molecular weight is 400 g/mol. The molecule has 2 N–H and O–H groups in total. The summed E-state index contributed by atoms with van der Waals surface area (Å²) < 4.78 is 27.1. The monoisotopic (exact) mass is 399 g/mol. The minimum atomic E-state index is -3.62. The molecule has 2 aromatic heterocycles. The van der Waals surface area contributed by atoms with Crippen molar-refractivity contribution in [2.75, 3.05) is 0 Å². The van der Waals surface area contributed by atoms with E-state index in [0.29, 0.717) is 5.02 Å². The van der Waals surface area contributed by atoms with Crippen LogP contribution in [0.4, 0.5) is 0 Å². The number of hydrogen-bond acceptors (Lipinski definition) is 5. The number of benzene rings is 1. The van der Waals surface area contributed by atoms with Crippen LogP contribution >= 0.6 is 34.3 Å². The summed E-state index contributed by atoms with van der Waals surface area (Å²) in [6.07, 6.45) is -0.673. The summed E-state index contributed by atoms with van der Waals surface area (Å²) in [7, 11) is -3.62. The topological polar surface area (TPSA) is 66.4 Å². The lowest BCUT2D eigenvalue weighted by Crippen LogP contribution is -2.22. The molecular formula is C16H14ClNO3S3. The summed E-state index contributed by atoms with van der Waals surface area (Å²) in [5.74, 6) is 0. The SMILES string of the molecule is O=S(=O)(NCc1ccc([C@H](O)c2cccs2)s1)c1cccc(Cl)c1. The summed E-state index contributed by atoms with van der Waals surface area (Å²) >= 11 is 8.70. The summed E-state index contributed by atoms with van der Waals surface area (Å²) in [6, 6.07) is 13.5. The van der Waals surface area contributed by atoms with Crippen LogP contribution in [-0.2, 0) is 16.6 Å². The lowest BCUT2D eigenvalue weighted by atomic mass is 10.2. The number of hydrogen-bond donors (Lipinski definition) is 2. The third-order valence-electron chi connectivity index (χ3n) is 3.31. The number of halogens is 1. The van der Waals surface area contributed by atoms with E-state index in [1.807, 2.05) is 29.6 Å². The normalized spacial score (nSPS) is 13.1. The Morgan fingerprint density at radius 2 is 1.96 bits per heavy atom. The maximum absolute atomic E-state index is 12.3. The Hall–Kier alpha value is -1.22. The van der Waals surface area contributed by atoms with Crippen LogP contribution in [0.5, 0.6) is 0 Å². The van der Waals surface area contributed by atoms with Gasteiger partial charge in [0.1, 0.15) is 6.10 Å². The Labute approximate surface area is 153 Å². The third-order valence-corrected chi connectivity index (χ3v) is 7.00. The number of rotatable bonds is 6. The van der Waals surface area contributed by atoms with Crippen LogP contribution < -0.4 is 4.72 Å². The van der Waals surface area contributed by atoms with Gasteiger partial charge >= 0.3 is 0 Å². The van der Waals surface area contributed by atoms with Crippen LogP contribution in [0, 0.1) is 0 Å². The van der Waals surface area contributed by atoms with Gasteiger partial charge in [0.2, 0.25) is 10.0 Å². The third kappa shape index (κ3) is 4.05. The Balaban J connectivity index is 1.69. The summed E-state index contributed by atoms with van der Waals surface area (Å²) in [5.41, 5.74) is 0. The van der Waals surface area contributed by atoms with Gasteiger partial charge in [-0.2, -0.15) is 0 Å². The van der Waals surface area contributed by atoms with E-state index in [1.165, 1.54) is 34.8 Å². The highest BCUT2D eigenvalue weighted by atomic mass is 35.5. The first-order valence-electron chi connectivity index (χ1n) is 7.01. The molecule has 1 aromatic carbocycles. The average Bonchev–Trinajstić information content (AvgIpc) is 3.24. The minimum absolute atomic E-state index is 0.130. The maximum Gasteiger partial charge on any atom is 0.240 e. The van der Waals surface area contributed by atoms with Crippen molar-refractivity contribution in [1.82, 2.24) is 4.72 Å². The zero-order chi connectivity index (χ0) is 17.2. The first-order chi connectivity index (χ1) is 11.5. The van der Waals surface area contributed by atoms with Gasteiger partial charge in [-0.25, -0.2) is 13.1 Å². The molecule has 1 atom stereocenters. The lowest BCUT2D eigenvalue weighted by Gasteiger charge is -2.06. The van der Waals surface area contributed by atoms with Crippen LogP contribution in [-0.4, -0.2) is 13.5 Å². The fourth-order valence-electron chi connectivity index (χ4n) is 2.11. The van der Waals surface area contributed by atoms with Gasteiger partial charge in [0, 0.05) is 26.2 Å². The number of aliphatic hydroxyl groups is 1. The van der Waals surface area contributed by atoms with Gasteiger partial charge < -0.3 is 5.11 Å². The van der Waals surface area contributed by atoms with Crippen molar-refractivity contribution in [2.24, 2.45) is 0 Å². The maximum atomic E-state index is 12.3. The predicted molar refractivity (Wildman–Crippen MR) is 98.2 cm³/mol. The number of sulfonamides is 1. The van der Waals surface area contributed by atoms with Gasteiger partial charge in [0.15, 0.2) is 0 Å². The molecule has 3 aromatic rings. The van der Waals surface area contributed by atoms with Crippen LogP contribution in [0.25, 0.3) is 0 Å². The van der Waals surface area contributed by atoms with Gasteiger partial charge in [0.05, 0.1) is 4.90 Å². The quantitative estimate of drug-likeness (QED) is 0.657. The van der Waals surface area contributed by atoms with Crippen molar-refractivity contribution in [3.05, 3.63) is 73.6 Å². The van der Waals surface area contributed by atoms with E-state index in [-0.39, 0.29) is 11.4 Å². The molecule has 8 heteroatoms. The van der Waals surface area contributed by atoms with Crippen LogP contribution in [0.15, 0.2) is 58.8 Å². The van der Waals surface area contributed by atoms with E-state index < -0.39 is 16.1 Å². The van der Waals surface area contributed by atoms with E-state index in [9.17, 15) is 13.5 Å². The molecule has 0 unspecified atom stereocenters. The predicted octanol–water partition coefficient (Wildman–Crippen LogP) is 4.02. The Morgan fingerprint density at radius 1 is 1.12 bits per heavy atom. The van der Waals surface area contributed by atoms with Crippen LogP contribution in [0.3, 0.4) is 0 Å². The highest BCUT2D eigenvalue weighted by molar-refractivity contribution is 7.89. The molecule has 0 aliphatic rings. The Morgan fingerprint density at radius 3 is 2.67 bits per heavy atom. The first kappa shape index (κ1) is 17.6.